The van der Waals surface area contributed by atoms with Gasteiger partial charge in [-0.15, -0.1) is 0 Å². The summed E-state index contributed by atoms with van der Waals surface area (Å²) in [6.07, 6.45) is 1.91. The molecule has 1 saturated carbocycles. The van der Waals surface area contributed by atoms with Crippen LogP contribution >= 0.6 is 11.6 Å². The van der Waals surface area contributed by atoms with Crippen LogP contribution in [0.4, 0.5) is 0 Å². The maximum atomic E-state index is 12.6. The van der Waals surface area contributed by atoms with Crippen molar-refractivity contribution in [3.8, 4) is 5.75 Å². The third-order valence-corrected chi connectivity index (χ3v) is 3.89. The number of nitrogens with one attached hydrogen (secondary N) is 1. The molecule has 0 heterocycles. The molecule has 1 aliphatic carbocycles. The van der Waals surface area contributed by atoms with E-state index in [-0.39, 0.29) is 11.2 Å². The van der Waals surface area contributed by atoms with E-state index in [4.69, 9.17) is 16.3 Å². The second kappa shape index (κ2) is 4.90. The van der Waals surface area contributed by atoms with Crippen LogP contribution in [-0.4, -0.2) is 26.5 Å². The van der Waals surface area contributed by atoms with Crippen molar-refractivity contribution in [2.45, 2.75) is 19.8 Å². The van der Waals surface area contributed by atoms with Gasteiger partial charge >= 0.3 is 0 Å². The molecule has 0 bridgehead atoms. The molecule has 2 rings (SSSR count). The molecule has 0 spiro atoms. The van der Waals surface area contributed by atoms with Crippen LogP contribution in [0.15, 0.2) is 12.1 Å². The second-order valence-corrected chi connectivity index (χ2v) is 5.35. The molecule has 1 N–H and O–H groups in total. The van der Waals surface area contributed by atoms with Gasteiger partial charge in [-0.1, -0.05) is 11.6 Å². The number of benzene rings is 1. The first-order chi connectivity index (χ1) is 8.54. The zero-order valence-electron chi connectivity index (χ0n) is 11.0. The summed E-state index contributed by atoms with van der Waals surface area (Å²) in [5.74, 6) is 0.808. The number of ether oxygens (including phenoxy) is 1. The van der Waals surface area contributed by atoms with Gasteiger partial charge in [0.2, 0.25) is 0 Å². The summed E-state index contributed by atoms with van der Waals surface area (Å²) in [6.45, 7) is 2.65. The van der Waals surface area contributed by atoms with E-state index in [0.29, 0.717) is 16.3 Å². The smallest absolute Gasteiger partial charge is 0.170 e. The average molecular weight is 268 g/mol. The number of halogens is 1. The Balaban J connectivity index is 2.34. The van der Waals surface area contributed by atoms with Crippen molar-refractivity contribution >= 4 is 17.4 Å². The molecule has 1 aliphatic rings. The van der Waals surface area contributed by atoms with Crippen LogP contribution in [-0.2, 0) is 0 Å². The van der Waals surface area contributed by atoms with Crippen LogP contribution in [0.2, 0.25) is 5.02 Å². The third-order valence-electron chi connectivity index (χ3n) is 3.59. The van der Waals surface area contributed by atoms with Gasteiger partial charge in [0.1, 0.15) is 5.75 Å². The number of ketones is 1. The van der Waals surface area contributed by atoms with E-state index in [1.807, 2.05) is 20.0 Å². The molecular formula is C14H18ClNO2. The molecule has 18 heavy (non-hydrogen) atoms. The maximum Gasteiger partial charge on any atom is 0.170 e. The van der Waals surface area contributed by atoms with Gasteiger partial charge in [0.15, 0.2) is 5.78 Å². The highest BCUT2D eigenvalue weighted by Gasteiger charge is 2.49. The van der Waals surface area contributed by atoms with E-state index in [1.165, 1.54) is 0 Å². The Hall–Kier alpha value is -1.06. The minimum absolute atomic E-state index is 0.193. The fourth-order valence-corrected chi connectivity index (χ4v) is 2.56. The number of aryl methyl sites for hydroxylation is 1. The van der Waals surface area contributed by atoms with Crippen molar-refractivity contribution in [2.24, 2.45) is 5.41 Å². The van der Waals surface area contributed by atoms with E-state index >= 15 is 0 Å². The number of hydrogen-bond acceptors (Lipinski definition) is 3. The summed E-state index contributed by atoms with van der Waals surface area (Å²) < 4.78 is 5.15. The SMILES string of the molecule is CNCC1(C(=O)c2cc(Cl)c(OC)cc2C)CC1. The second-order valence-electron chi connectivity index (χ2n) is 4.94. The van der Waals surface area contributed by atoms with Crippen molar-refractivity contribution in [3.05, 3.63) is 28.3 Å². The Bertz CT molecular complexity index is 481. The summed E-state index contributed by atoms with van der Waals surface area (Å²) in [4.78, 5) is 12.6. The van der Waals surface area contributed by atoms with Crippen LogP contribution in [0.1, 0.15) is 28.8 Å². The van der Waals surface area contributed by atoms with Crippen molar-refractivity contribution in [1.29, 1.82) is 0 Å². The molecule has 1 aromatic rings. The fourth-order valence-electron chi connectivity index (χ4n) is 2.32. The Labute approximate surface area is 112 Å². The molecule has 1 fully saturated rings. The first kappa shape index (κ1) is 13.4. The lowest BCUT2D eigenvalue weighted by molar-refractivity contribution is 0.0899. The van der Waals surface area contributed by atoms with Gasteiger partial charge in [-0.05, 0) is 44.5 Å². The number of hydrogen-bond donors (Lipinski definition) is 1. The molecule has 0 aromatic heterocycles. The minimum Gasteiger partial charge on any atom is -0.495 e. The van der Waals surface area contributed by atoms with Crippen LogP contribution in [0.3, 0.4) is 0 Å². The van der Waals surface area contributed by atoms with Crippen molar-refractivity contribution in [2.75, 3.05) is 20.7 Å². The molecule has 0 radical (unpaired) electrons. The Kier molecular flexibility index (Phi) is 3.64. The third kappa shape index (κ3) is 2.25. The van der Waals surface area contributed by atoms with Gasteiger partial charge in [0.05, 0.1) is 12.1 Å². The largest absolute Gasteiger partial charge is 0.495 e. The van der Waals surface area contributed by atoms with Crippen LogP contribution in [0.5, 0.6) is 5.75 Å². The Morgan fingerprint density at radius 1 is 1.50 bits per heavy atom. The van der Waals surface area contributed by atoms with Gasteiger partial charge in [-0.2, -0.15) is 0 Å². The highest BCUT2D eigenvalue weighted by Crippen LogP contribution is 2.48. The quantitative estimate of drug-likeness (QED) is 0.834. The monoisotopic (exact) mass is 267 g/mol. The van der Waals surface area contributed by atoms with E-state index in [9.17, 15) is 4.79 Å². The Morgan fingerprint density at radius 2 is 2.17 bits per heavy atom. The summed E-state index contributed by atoms with van der Waals surface area (Å²) in [7, 11) is 3.45. The number of methoxy groups -OCH3 is 1. The number of rotatable bonds is 5. The number of carbonyl (C=O) groups is 1. The maximum absolute atomic E-state index is 12.6. The molecule has 0 aliphatic heterocycles. The molecule has 0 saturated heterocycles. The molecule has 98 valence electrons. The van der Waals surface area contributed by atoms with Crippen LogP contribution < -0.4 is 10.1 Å². The van der Waals surface area contributed by atoms with E-state index in [0.717, 1.165) is 24.9 Å². The summed E-state index contributed by atoms with van der Waals surface area (Å²) in [5, 5.41) is 3.59. The van der Waals surface area contributed by atoms with Crippen molar-refractivity contribution < 1.29 is 9.53 Å². The zero-order chi connectivity index (χ0) is 13.3. The average Bonchev–Trinajstić information content (AvgIpc) is 3.12. The highest BCUT2D eigenvalue weighted by atomic mass is 35.5. The zero-order valence-corrected chi connectivity index (χ0v) is 11.7. The topological polar surface area (TPSA) is 38.3 Å². The molecule has 3 nitrogen and oxygen atoms in total. The normalized spacial score (nSPS) is 16.4. The van der Waals surface area contributed by atoms with Gasteiger partial charge in [0.25, 0.3) is 0 Å². The molecule has 0 unspecified atom stereocenters. The van der Waals surface area contributed by atoms with Gasteiger partial charge < -0.3 is 10.1 Å². The van der Waals surface area contributed by atoms with Crippen molar-refractivity contribution in [3.63, 3.8) is 0 Å². The summed E-state index contributed by atoms with van der Waals surface area (Å²) >= 11 is 6.10. The predicted octanol–water partition coefficient (Wildman–Crippen LogP) is 2.84. The highest BCUT2D eigenvalue weighted by molar-refractivity contribution is 6.32. The lowest BCUT2D eigenvalue weighted by Gasteiger charge is -2.16. The van der Waals surface area contributed by atoms with Crippen molar-refractivity contribution in [1.82, 2.24) is 5.32 Å². The molecule has 1 aromatic carbocycles. The number of Topliss-reactive ketones (excluding diaryl/α,β-unsaturated/α-hetero) is 1. The lowest BCUT2D eigenvalue weighted by Crippen LogP contribution is -2.28. The fraction of sp³-hybridized carbons (Fsp3) is 0.500. The van der Waals surface area contributed by atoms with E-state index in [1.54, 1.807) is 13.2 Å². The first-order valence-corrected chi connectivity index (χ1v) is 6.45. The van der Waals surface area contributed by atoms with Crippen LogP contribution in [0, 0.1) is 12.3 Å². The van der Waals surface area contributed by atoms with Gasteiger partial charge in [-0.25, -0.2) is 0 Å². The van der Waals surface area contributed by atoms with Crippen LogP contribution in [0.25, 0.3) is 0 Å². The standard InChI is InChI=1S/C14H18ClNO2/c1-9-6-12(18-3)11(15)7-10(9)13(17)14(4-5-14)8-16-2/h6-7,16H,4-5,8H2,1-3H3. The van der Waals surface area contributed by atoms with E-state index in [2.05, 4.69) is 5.32 Å². The number of carbonyl (C=O) groups excluding carboxylic acids is 1. The van der Waals surface area contributed by atoms with E-state index < -0.39 is 0 Å². The molecule has 0 amide bonds. The van der Waals surface area contributed by atoms with Gasteiger partial charge in [0, 0.05) is 17.5 Å². The minimum atomic E-state index is -0.211. The predicted molar refractivity (Wildman–Crippen MR) is 72.7 cm³/mol. The summed E-state index contributed by atoms with van der Waals surface area (Å²) in [5.41, 5.74) is 1.43. The first-order valence-electron chi connectivity index (χ1n) is 6.07. The lowest BCUT2D eigenvalue weighted by atomic mass is 9.92. The molecular weight excluding hydrogens is 250 g/mol. The Morgan fingerprint density at radius 3 is 2.67 bits per heavy atom. The molecule has 0 atom stereocenters. The summed E-state index contributed by atoms with van der Waals surface area (Å²) in [6, 6.07) is 3.55. The molecule has 4 heteroatoms. The van der Waals surface area contributed by atoms with Gasteiger partial charge in [-0.3, -0.25) is 4.79 Å².